The van der Waals surface area contributed by atoms with Crippen molar-refractivity contribution in [1.29, 1.82) is 0 Å². The van der Waals surface area contributed by atoms with Crippen molar-refractivity contribution in [2.45, 2.75) is 13.0 Å². The van der Waals surface area contributed by atoms with Crippen molar-refractivity contribution in [2.75, 3.05) is 5.32 Å². The molecule has 1 atom stereocenters. The average molecular weight is 313 g/mol. The van der Waals surface area contributed by atoms with Crippen LogP contribution in [-0.2, 0) is 0 Å². The van der Waals surface area contributed by atoms with Gasteiger partial charge in [0, 0.05) is 5.02 Å². The van der Waals surface area contributed by atoms with Gasteiger partial charge in [-0.25, -0.2) is 4.98 Å². The zero-order valence-corrected chi connectivity index (χ0v) is 11.9. The van der Waals surface area contributed by atoms with Crippen LogP contribution in [0.25, 0.3) is 0 Å². The van der Waals surface area contributed by atoms with E-state index in [1.165, 1.54) is 0 Å². The predicted molar refractivity (Wildman–Crippen MR) is 77.2 cm³/mol. The van der Waals surface area contributed by atoms with Crippen molar-refractivity contribution in [3.05, 3.63) is 56.4 Å². The van der Waals surface area contributed by atoms with Gasteiger partial charge in [-0.15, -0.1) is 0 Å². The second-order valence-electron chi connectivity index (χ2n) is 4.02. The minimum atomic E-state index is -0.571. The Kier molecular flexibility index (Phi) is 4.36. The van der Waals surface area contributed by atoms with Crippen LogP contribution in [0.4, 0.5) is 11.5 Å². The number of aromatic nitrogens is 2. The van der Waals surface area contributed by atoms with E-state index in [0.717, 1.165) is 11.8 Å². The lowest BCUT2D eigenvalue weighted by Crippen LogP contribution is -2.10. The van der Waals surface area contributed by atoms with Gasteiger partial charge < -0.3 is 5.32 Å². The molecular weight excluding hydrogens is 303 g/mol. The van der Waals surface area contributed by atoms with Crippen molar-refractivity contribution < 1.29 is 4.92 Å². The predicted octanol–water partition coefficient (Wildman–Crippen LogP) is 3.86. The van der Waals surface area contributed by atoms with Gasteiger partial charge in [0.05, 0.1) is 11.0 Å². The summed E-state index contributed by atoms with van der Waals surface area (Å²) in [6.45, 7) is 1.82. The summed E-state index contributed by atoms with van der Waals surface area (Å²) in [7, 11) is 0. The number of benzene rings is 1. The third kappa shape index (κ3) is 3.15. The second-order valence-corrected chi connectivity index (χ2v) is 4.76. The highest BCUT2D eigenvalue weighted by molar-refractivity contribution is 6.31. The quantitative estimate of drug-likeness (QED) is 0.526. The van der Waals surface area contributed by atoms with E-state index < -0.39 is 4.92 Å². The molecule has 0 fully saturated rings. The molecule has 8 heteroatoms. The van der Waals surface area contributed by atoms with Crippen LogP contribution in [0.3, 0.4) is 0 Å². The number of hydrogen-bond donors (Lipinski definition) is 1. The minimum absolute atomic E-state index is 0.0578. The molecule has 0 spiro atoms. The Morgan fingerprint density at radius 3 is 2.70 bits per heavy atom. The Morgan fingerprint density at radius 2 is 2.05 bits per heavy atom. The Balaban J connectivity index is 2.32. The van der Waals surface area contributed by atoms with Crippen molar-refractivity contribution in [3.63, 3.8) is 0 Å². The van der Waals surface area contributed by atoms with Gasteiger partial charge in [-0.05, 0) is 30.2 Å². The zero-order chi connectivity index (χ0) is 14.7. The zero-order valence-electron chi connectivity index (χ0n) is 10.4. The van der Waals surface area contributed by atoms with Crippen molar-refractivity contribution >= 4 is 34.7 Å². The molecule has 6 nitrogen and oxygen atoms in total. The molecule has 0 aliphatic carbocycles. The van der Waals surface area contributed by atoms with E-state index in [1.54, 1.807) is 6.07 Å². The van der Waals surface area contributed by atoms with E-state index in [4.69, 9.17) is 23.2 Å². The number of anilines is 1. The summed E-state index contributed by atoms with van der Waals surface area (Å²) in [4.78, 5) is 17.8. The molecule has 2 aromatic rings. The first-order valence-electron chi connectivity index (χ1n) is 5.67. The Labute approximate surface area is 124 Å². The molecule has 1 unspecified atom stereocenters. The highest BCUT2D eigenvalue weighted by Gasteiger charge is 2.19. The Hall–Kier alpha value is -1.92. The summed E-state index contributed by atoms with van der Waals surface area (Å²) >= 11 is 11.8. The first-order valence-corrected chi connectivity index (χ1v) is 6.42. The third-order valence-electron chi connectivity index (χ3n) is 2.66. The van der Waals surface area contributed by atoms with Crippen molar-refractivity contribution in [1.82, 2.24) is 9.97 Å². The van der Waals surface area contributed by atoms with Gasteiger partial charge >= 0.3 is 5.69 Å². The van der Waals surface area contributed by atoms with Crippen LogP contribution in [0, 0.1) is 10.1 Å². The molecule has 2 rings (SSSR count). The van der Waals surface area contributed by atoms with E-state index in [0.29, 0.717) is 5.02 Å². The van der Waals surface area contributed by atoms with Gasteiger partial charge in [-0.2, -0.15) is 4.98 Å². The second kappa shape index (κ2) is 6.02. The standard InChI is InChI=1S/C12H10Cl2N4O2/c1-7(8-4-2-3-5-9(8)13)16-11-10(18(19)20)6-15-12(14)17-11/h2-7H,1H3,(H,15,16,17). The van der Waals surface area contributed by atoms with Crippen LogP contribution >= 0.6 is 23.2 Å². The molecule has 1 aromatic carbocycles. The highest BCUT2D eigenvalue weighted by atomic mass is 35.5. The largest absolute Gasteiger partial charge is 0.358 e. The van der Waals surface area contributed by atoms with Crippen molar-refractivity contribution in [2.24, 2.45) is 0 Å². The Morgan fingerprint density at radius 1 is 1.35 bits per heavy atom. The maximum Gasteiger partial charge on any atom is 0.329 e. The fourth-order valence-corrected chi connectivity index (χ4v) is 2.14. The Bertz CT molecular complexity index is 651. The first-order chi connectivity index (χ1) is 9.49. The van der Waals surface area contributed by atoms with Gasteiger partial charge in [-0.1, -0.05) is 29.8 Å². The summed E-state index contributed by atoms with van der Waals surface area (Å²) in [6.07, 6.45) is 1.07. The molecule has 1 N–H and O–H groups in total. The molecule has 1 aromatic heterocycles. The number of rotatable bonds is 4. The van der Waals surface area contributed by atoms with Gasteiger partial charge in [-0.3, -0.25) is 10.1 Å². The summed E-state index contributed by atoms with van der Waals surface area (Å²) in [6, 6.07) is 6.95. The van der Waals surface area contributed by atoms with Crippen LogP contribution in [0.15, 0.2) is 30.5 Å². The molecule has 20 heavy (non-hydrogen) atoms. The monoisotopic (exact) mass is 312 g/mol. The van der Waals surface area contributed by atoms with Crippen LogP contribution in [0.2, 0.25) is 10.3 Å². The number of hydrogen-bond acceptors (Lipinski definition) is 5. The summed E-state index contributed by atoms with van der Waals surface area (Å²) in [5, 5.41) is 14.4. The van der Waals surface area contributed by atoms with E-state index in [9.17, 15) is 10.1 Å². The fourth-order valence-electron chi connectivity index (χ4n) is 1.70. The molecule has 0 aliphatic rings. The summed E-state index contributed by atoms with van der Waals surface area (Å²) in [5.41, 5.74) is 0.562. The van der Waals surface area contributed by atoms with Crippen LogP contribution in [0.1, 0.15) is 18.5 Å². The van der Waals surface area contributed by atoms with E-state index in [-0.39, 0.29) is 22.8 Å². The minimum Gasteiger partial charge on any atom is -0.358 e. The van der Waals surface area contributed by atoms with Gasteiger partial charge in [0.25, 0.3) is 0 Å². The fraction of sp³-hybridized carbons (Fsp3) is 0.167. The highest BCUT2D eigenvalue weighted by Crippen LogP contribution is 2.29. The SMILES string of the molecule is CC(Nc1nc(Cl)ncc1[N+](=O)[O-])c1ccccc1Cl. The lowest BCUT2D eigenvalue weighted by atomic mass is 10.1. The topological polar surface area (TPSA) is 81.0 Å². The molecule has 0 amide bonds. The van der Waals surface area contributed by atoms with Gasteiger partial charge in [0.2, 0.25) is 11.1 Å². The maximum absolute atomic E-state index is 10.9. The molecule has 0 radical (unpaired) electrons. The average Bonchev–Trinajstić information content (AvgIpc) is 2.38. The molecule has 0 bridgehead atoms. The number of nitro groups is 1. The maximum atomic E-state index is 10.9. The lowest BCUT2D eigenvalue weighted by Gasteiger charge is -2.16. The number of nitrogens with zero attached hydrogens (tertiary/aromatic N) is 3. The molecule has 0 aliphatic heterocycles. The molecule has 0 saturated carbocycles. The van der Waals surface area contributed by atoms with E-state index in [1.807, 2.05) is 25.1 Å². The number of nitrogens with one attached hydrogen (secondary N) is 1. The first kappa shape index (κ1) is 14.5. The third-order valence-corrected chi connectivity index (χ3v) is 3.19. The normalized spacial score (nSPS) is 11.9. The smallest absolute Gasteiger partial charge is 0.329 e. The van der Waals surface area contributed by atoms with Crippen LogP contribution in [-0.4, -0.2) is 14.9 Å². The summed E-state index contributed by atoms with van der Waals surface area (Å²) < 4.78 is 0. The van der Waals surface area contributed by atoms with E-state index in [2.05, 4.69) is 15.3 Å². The molecule has 1 heterocycles. The lowest BCUT2D eigenvalue weighted by molar-refractivity contribution is -0.384. The van der Waals surface area contributed by atoms with Gasteiger partial charge in [0.15, 0.2) is 0 Å². The summed E-state index contributed by atoms with van der Waals surface area (Å²) in [5.74, 6) is 0.0578. The van der Waals surface area contributed by atoms with E-state index >= 15 is 0 Å². The molecular formula is C12H10Cl2N4O2. The molecule has 104 valence electrons. The van der Waals surface area contributed by atoms with Crippen LogP contribution < -0.4 is 5.32 Å². The van der Waals surface area contributed by atoms with Crippen LogP contribution in [0.5, 0.6) is 0 Å². The van der Waals surface area contributed by atoms with Crippen molar-refractivity contribution in [3.8, 4) is 0 Å². The number of halogens is 2. The van der Waals surface area contributed by atoms with Gasteiger partial charge in [0.1, 0.15) is 6.20 Å². The molecule has 0 saturated heterocycles.